The number of carbonyl (C=O) groups excluding carboxylic acids is 4. The molecule has 1 aromatic heterocycles. The lowest BCUT2D eigenvalue weighted by atomic mass is 9.79. The summed E-state index contributed by atoms with van der Waals surface area (Å²) in [5.41, 5.74) is -3.71. The summed E-state index contributed by atoms with van der Waals surface area (Å²) in [5, 5.41) is 8.13. The van der Waals surface area contributed by atoms with Crippen molar-refractivity contribution in [1.29, 1.82) is 0 Å². The predicted octanol–water partition coefficient (Wildman–Crippen LogP) is 5.85. The van der Waals surface area contributed by atoms with Crippen LogP contribution in [0.15, 0.2) is 36.5 Å². The number of ketones is 1. The van der Waals surface area contributed by atoms with E-state index in [1.165, 1.54) is 18.2 Å². The number of alkyl halides is 3. The van der Waals surface area contributed by atoms with Crippen LogP contribution in [0.25, 0.3) is 10.9 Å². The number of amides is 2. The number of ether oxygens (including phenoxy) is 3. The van der Waals surface area contributed by atoms with Gasteiger partial charge < -0.3 is 19.1 Å². The van der Waals surface area contributed by atoms with Gasteiger partial charge in [-0.15, -0.1) is 0 Å². The van der Waals surface area contributed by atoms with Crippen LogP contribution in [0.2, 0.25) is 0 Å². The normalized spacial score (nSPS) is 29.4. The van der Waals surface area contributed by atoms with Crippen LogP contribution >= 0.6 is 0 Å². The number of nitrogens with zero attached hydrogens (tertiary/aromatic N) is 3. The van der Waals surface area contributed by atoms with Crippen LogP contribution in [0.4, 0.5) is 13.2 Å². The van der Waals surface area contributed by atoms with E-state index in [9.17, 15) is 40.8 Å². The minimum atomic E-state index is -4.87. The van der Waals surface area contributed by atoms with E-state index in [1.807, 2.05) is 26.0 Å². The van der Waals surface area contributed by atoms with Crippen molar-refractivity contribution < 1.29 is 55.0 Å². The first-order chi connectivity index (χ1) is 26.8. The molecule has 2 aliphatic heterocycles. The first kappa shape index (κ1) is 42.3. The highest BCUT2D eigenvalue weighted by Crippen LogP contribution is 2.57. The number of benzene rings is 1. The lowest BCUT2D eigenvalue weighted by molar-refractivity contribution is -0.257. The number of Topliss-reactive ketones (excluding diaryl/α,β-unsaturated/α-hetero) is 1. The molecular weight excluding hydrogens is 770 g/mol. The van der Waals surface area contributed by atoms with Crippen molar-refractivity contribution in [2.24, 2.45) is 29.1 Å². The zero-order valence-electron chi connectivity index (χ0n) is 32.8. The number of nitrogens with one attached hydrogen (secondary N) is 1. The van der Waals surface area contributed by atoms with E-state index in [0.717, 1.165) is 13.8 Å². The molecule has 0 radical (unpaired) electrons. The summed E-state index contributed by atoms with van der Waals surface area (Å²) in [5.74, 6) is -4.21. The Labute approximate surface area is 330 Å². The van der Waals surface area contributed by atoms with Crippen molar-refractivity contribution in [1.82, 2.24) is 19.8 Å². The van der Waals surface area contributed by atoms with Gasteiger partial charge in [0.15, 0.2) is 5.78 Å². The molecule has 0 spiro atoms. The fraction of sp³-hybridized carbons (Fsp3) is 0.650. The SMILES string of the molecule is CC[C@@H]1C[C@H](C)CC/C=C\[C@@H]2C[C@@]2(C(=O)NS(=O)(=O)C2CC2)CC(=O)[C@@H]2C[C@@H](Oc3cnnc4cc(OC)ccc34)CN2C(=O)[C@H]1CC(=O)OC(C)(C)C(F)(F)F. The molecule has 13 nitrogen and oxygen atoms in total. The summed E-state index contributed by atoms with van der Waals surface area (Å²) in [7, 11) is -2.42. The van der Waals surface area contributed by atoms with Crippen LogP contribution in [0.3, 0.4) is 0 Å². The summed E-state index contributed by atoms with van der Waals surface area (Å²) < 4.78 is 86.1. The molecule has 4 aliphatic rings. The number of rotatable bonds is 10. The van der Waals surface area contributed by atoms with E-state index >= 15 is 0 Å². The molecule has 7 atom stereocenters. The van der Waals surface area contributed by atoms with Crippen molar-refractivity contribution in [3.8, 4) is 11.5 Å². The Morgan fingerprint density at radius 1 is 1.11 bits per heavy atom. The maximum Gasteiger partial charge on any atom is 0.427 e. The van der Waals surface area contributed by atoms with E-state index in [4.69, 9.17) is 14.2 Å². The van der Waals surface area contributed by atoms with Crippen LogP contribution in [0, 0.1) is 29.1 Å². The third kappa shape index (κ3) is 9.23. The van der Waals surface area contributed by atoms with Crippen LogP contribution in [0.5, 0.6) is 11.5 Å². The van der Waals surface area contributed by atoms with E-state index in [1.54, 1.807) is 18.2 Å². The summed E-state index contributed by atoms with van der Waals surface area (Å²) in [4.78, 5) is 58.0. The summed E-state index contributed by atoms with van der Waals surface area (Å²) >= 11 is 0. The Bertz CT molecular complexity index is 2020. The van der Waals surface area contributed by atoms with Gasteiger partial charge >= 0.3 is 12.1 Å². The third-order valence-electron chi connectivity index (χ3n) is 12.0. The van der Waals surface area contributed by atoms with Gasteiger partial charge in [-0.05, 0) is 82.3 Å². The van der Waals surface area contributed by atoms with Crippen LogP contribution in [-0.2, 0) is 33.9 Å². The van der Waals surface area contributed by atoms with Crippen LogP contribution in [0.1, 0.15) is 91.9 Å². The van der Waals surface area contributed by atoms with E-state index in [-0.39, 0.29) is 31.7 Å². The van der Waals surface area contributed by atoms with Crippen molar-refractivity contribution in [3.63, 3.8) is 0 Å². The smallest absolute Gasteiger partial charge is 0.427 e. The van der Waals surface area contributed by atoms with Crippen molar-refractivity contribution in [2.75, 3.05) is 13.7 Å². The van der Waals surface area contributed by atoms with E-state index < -0.39 is 92.4 Å². The van der Waals surface area contributed by atoms with Gasteiger partial charge in [0.05, 0.1) is 48.9 Å². The van der Waals surface area contributed by atoms with Gasteiger partial charge in [0.2, 0.25) is 27.4 Å². The van der Waals surface area contributed by atoms with Gasteiger partial charge in [0.25, 0.3) is 0 Å². The molecule has 57 heavy (non-hydrogen) atoms. The highest BCUT2D eigenvalue weighted by Gasteiger charge is 2.62. The number of hydrogen-bond donors (Lipinski definition) is 1. The molecule has 3 fully saturated rings. The Morgan fingerprint density at radius 3 is 2.51 bits per heavy atom. The quantitative estimate of drug-likeness (QED) is 0.225. The summed E-state index contributed by atoms with van der Waals surface area (Å²) in [6.07, 6.45) is 1.76. The molecule has 2 aliphatic carbocycles. The minimum Gasteiger partial charge on any atom is -0.497 e. The first-order valence-electron chi connectivity index (χ1n) is 19.6. The molecule has 2 aromatic rings. The molecule has 2 saturated carbocycles. The second kappa shape index (κ2) is 16.2. The van der Waals surface area contributed by atoms with E-state index in [0.29, 0.717) is 60.9 Å². The Balaban J connectivity index is 1.36. The second-order valence-corrected chi connectivity index (χ2v) is 18.6. The summed E-state index contributed by atoms with van der Waals surface area (Å²) in [6, 6.07) is 3.96. The summed E-state index contributed by atoms with van der Waals surface area (Å²) in [6.45, 7) is 5.20. The molecule has 17 heteroatoms. The molecule has 1 aromatic carbocycles. The molecule has 312 valence electrons. The molecule has 0 bridgehead atoms. The molecule has 2 amide bonds. The maximum atomic E-state index is 14.9. The lowest BCUT2D eigenvalue weighted by Gasteiger charge is -2.34. The minimum absolute atomic E-state index is 0.0193. The van der Waals surface area contributed by atoms with Gasteiger partial charge in [0, 0.05) is 24.3 Å². The van der Waals surface area contributed by atoms with Crippen molar-refractivity contribution >= 4 is 44.5 Å². The molecule has 3 heterocycles. The largest absolute Gasteiger partial charge is 0.497 e. The van der Waals surface area contributed by atoms with Gasteiger partial charge in [-0.3, -0.25) is 23.9 Å². The monoisotopic (exact) mass is 820 g/mol. The van der Waals surface area contributed by atoms with Gasteiger partial charge in [-0.2, -0.15) is 23.4 Å². The number of halogens is 3. The topological polar surface area (TPSA) is 171 Å². The van der Waals surface area contributed by atoms with Crippen molar-refractivity contribution in [3.05, 3.63) is 36.5 Å². The van der Waals surface area contributed by atoms with Crippen LogP contribution < -0.4 is 14.2 Å². The second-order valence-electron chi connectivity index (χ2n) is 16.7. The fourth-order valence-corrected chi connectivity index (χ4v) is 9.61. The average molecular weight is 821 g/mol. The maximum absolute atomic E-state index is 14.9. The average Bonchev–Trinajstić information content (AvgIpc) is 4.07. The Hall–Kier alpha value is -4.28. The van der Waals surface area contributed by atoms with Crippen molar-refractivity contribution in [2.45, 2.75) is 121 Å². The zero-order valence-corrected chi connectivity index (χ0v) is 33.7. The molecular formula is C40H51F3N4O9S. The number of allylic oxidation sites excluding steroid dienone is 2. The molecule has 1 saturated heterocycles. The Morgan fingerprint density at radius 2 is 1.84 bits per heavy atom. The number of esters is 1. The van der Waals surface area contributed by atoms with Gasteiger partial charge in [-0.1, -0.05) is 32.4 Å². The number of fused-ring (bicyclic) bond motifs is 3. The third-order valence-corrected chi connectivity index (χ3v) is 13.9. The molecule has 0 unspecified atom stereocenters. The highest BCUT2D eigenvalue weighted by molar-refractivity contribution is 7.90. The fourth-order valence-electron chi connectivity index (χ4n) is 8.22. The lowest BCUT2D eigenvalue weighted by Crippen LogP contribution is -2.48. The first-order valence-corrected chi connectivity index (χ1v) is 21.1. The zero-order chi connectivity index (χ0) is 41.5. The molecule has 1 N–H and O–H groups in total. The highest BCUT2D eigenvalue weighted by atomic mass is 32.2. The molecule has 6 rings (SSSR count). The standard InChI is InChI=1S/C40H51F3N4O9S/c1-6-24-15-23(2)9-7-8-10-25-19-39(25,37(51)46-57(52,53)28-12-13-28)20-33(48)32-17-27(55-34-21-44-45-31-16-26(54-5)11-14-29(31)34)22-47(32)36(50)30(24)18-35(49)56-38(3,4)40(41,42)43/h8,10-11,14,16,21,23-25,27-28,30,32H,6-7,9,12-13,15,17-20,22H2,1-5H3,(H,46,51)/b10-8-/t23-,24-,25-,27-,30+,32+,39-/m1/s1. The number of methoxy groups -OCH3 is 1. The van der Waals surface area contributed by atoms with Crippen LogP contribution in [-0.4, -0.2) is 89.9 Å². The Kier molecular flexibility index (Phi) is 12.0. The number of sulfonamides is 1. The van der Waals surface area contributed by atoms with Gasteiger partial charge in [0.1, 0.15) is 23.1 Å². The van der Waals surface area contributed by atoms with Gasteiger partial charge in [-0.25, -0.2) is 8.42 Å². The number of aromatic nitrogens is 2. The predicted molar refractivity (Wildman–Crippen MR) is 201 cm³/mol. The number of carbonyl (C=O) groups is 4. The number of hydrogen-bond acceptors (Lipinski definition) is 11. The van der Waals surface area contributed by atoms with E-state index in [2.05, 4.69) is 14.9 Å².